The Bertz CT molecular complexity index is 539. The van der Waals surface area contributed by atoms with Gasteiger partial charge in [-0.1, -0.05) is 25.5 Å². The van der Waals surface area contributed by atoms with Crippen LogP contribution >= 0.6 is 0 Å². The first-order valence-corrected chi connectivity index (χ1v) is 8.07. The number of benzene rings is 1. The van der Waals surface area contributed by atoms with Crippen LogP contribution in [0.3, 0.4) is 0 Å². The number of carbonyl (C=O) groups excluding carboxylic acids is 2. The number of hydrogen-bond acceptors (Lipinski definition) is 2. The quantitative estimate of drug-likeness (QED) is 0.871. The van der Waals surface area contributed by atoms with E-state index < -0.39 is 5.54 Å². The first kappa shape index (κ1) is 16.5. The van der Waals surface area contributed by atoms with Crippen LogP contribution in [0, 0.1) is 5.92 Å². The van der Waals surface area contributed by atoms with E-state index in [-0.39, 0.29) is 17.7 Å². The highest BCUT2D eigenvalue weighted by molar-refractivity contribution is 5.95. The molecule has 4 heteroatoms. The van der Waals surface area contributed by atoms with Crippen molar-refractivity contribution in [3.8, 4) is 0 Å². The van der Waals surface area contributed by atoms with Crippen molar-refractivity contribution < 1.29 is 9.59 Å². The minimum atomic E-state index is -0.439. The van der Waals surface area contributed by atoms with E-state index in [1.54, 1.807) is 0 Å². The van der Waals surface area contributed by atoms with E-state index in [9.17, 15) is 9.59 Å². The maximum Gasteiger partial charge on any atom is 0.269 e. The Balaban J connectivity index is 2.11. The van der Waals surface area contributed by atoms with Crippen LogP contribution in [-0.4, -0.2) is 22.4 Å². The lowest BCUT2D eigenvalue weighted by Crippen LogP contribution is -2.58. The summed E-state index contributed by atoms with van der Waals surface area (Å²) in [6, 6.07) is 7.51. The van der Waals surface area contributed by atoms with Gasteiger partial charge in [-0.3, -0.25) is 15.0 Å². The molecule has 0 bridgehead atoms. The van der Waals surface area contributed by atoms with Crippen molar-refractivity contribution in [3.63, 3.8) is 0 Å². The Morgan fingerprint density at radius 3 is 2.18 bits per heavy atom. The number of aryl methyl sites for hydroxylation is 1. The summed E-state index contributed by atoms with van der Waals surface area (Å²) in [5.74, 6) is -0.149. The summed E-state index contributed by atoms with van der Waals surface area (Å²) in [5.41, 5.74) is 4.13. The molecule has 0 aromatic heterocycles. The van der Waals surface area contributed by atoms with E-state index in [4.69, 9.17) is 0 Å². The largest absolute Gasteiger partial charge is 0.273 e. The van der Waals surface area contributed by atoms with Gasteiger partial charge in [0.25, 0.3) is 5.91 Å². The van der Waals surface area contributed by atoms with Crippen molar-refractivity contribution in [2.75, 3.05) is 0 Å². The third kappa shape index (κ3) is 3.67. The first-order valence-electron chi connectivity index (χ1n) is 8.07. The predicted molar refractivity (Wildman–Crippen MR) is 87.2 cm³/mol. The molecule has 1 aromatic carbocycles. The Kier molecular flexibility index (Phi) is 4.89. The molecule has 0 saturated heterocycles. The Hall–Kier alpha value is -1.84. The Labute approximate surface area is 132 Å². The molecular formula is C18H26N2O2. The molecule has 2 amide bonds. The van der Waals surface area contributed by atoms with Crippen molar-refractivity contribution in [2.24, 2.45) is 5.92 Å². The number of nitrogens with zero attached hydrogens (tertiary/aromatic N) is 1. The third-order valence-electron chi connectivity index (χ3n) is 4.18. The molecule has 0 heterocycles. The van der Waals surface area contributed by atoms with E-state index in [1.165, 1.54) is 10.6 Å². The lowest BCUT2D eigenvalue weighted by molar-refractivity contribution is -0.146. The van der Waals surface area contributed by atoms with Crippen LogP contribution in [0.1, 0.15) is 62.9 Å². The van der Waals surface area contributed by atoms with Crippen LogP contribution in [0.2, 0.25) is 0 Å². The number of rotatable bonds is 3. The van der Waals surface area contributed by atoms with Gasteiger partial charge < -0.3 is 0 Å². The first-order chi connectivity index (χ1) is 10.3. The van der Waals surface area contributed by atoms with Crippen molar-refractivity contribution >= 4 is 11.8 Å². The molecular weight excluding hydrogens is 276 g/mol. The van der Waals surface area contributed by atoms with Gasteiger partial charge >= 0.3 is 0 Å². The molecule has 0 radical (unpaired) electrons. The van der Waals surface area contributed by atoms with Gasteiger partial charge in [0, 0.05) is 11.5 Å². The van der Waals surface area contributed by atoms with E-state index in [1.807, 2.05) is 45.0 Å². The van der Waals surface area contributed by atoms with E-state index in [2.05, 4.69) is 12.3 Å². The van der Waals surface area contributed by atoms with Crippen molar-refractivity contribution in [2.45, 2.75) is 58.9 Å². The molecule has 0 spiro atoms. The van der Waals surface area contributed by atoms with Crippen LogP contribution in [0.5, 0.6) is 0 Å². The van der Waals surface area contributed by atoms with Crippen LogP contribution in [0.15, 0.2) is 24.3 Å². The zero-order chi connectivity index (χ0) is 16.3. The zero-order valence-electron chi connectivity index (χ0n) is 14.0. The monoisotopic (exact) mass is 302 g/mol. The number of amides is 2. The molecule has 0 atom stereocenters. The van der Waals surface area contributed by atoms with Gasteiger partial charge in [0.15, 0.2) is 0 Å². The molecule has 1 fully saturated rings. The number of hydrazine groups is 1. The zero-order valence-corrected chi connectivity index (χ0v) is 14.0. The minimum Gasteiger partial charge on any atom is -0.273 e. The lowest BCUT2D eigenvalue weighted by atomic mass is 9.84. The summed E-state index contributed by atoms with van der Waals surface area (Å²) in [7, 11) is 0. The third-order valence-corrected chi connectivity index (χ3v) is 4.18. The minimum absolute atomic E-state index is 0.0253. The molecule has 1 N–H and O–H groups in total. The van der Waals surface area contributed by atoms with Gasteiger partial charge in [0.2, 0.25) is 5.91 Å². The smallest absolute Gasteiger partial charge is 0.269 e. The van der Waals surface area contributed by atoms with Gasteiger partial charge in [-0.15, -0.1) is 0 Å². The molecule has 1 aromatic rings. The van der Waals surface area contributed by atoms with Gasteiger partial charge in [-0.2, -0.15) is 0 Å². The molecule has 0 aliphatic heterocycles. The number of hydrogen-bond donors (Lipinski definition) is 1. The average Bonchev–Trinajstić information content (AvgIpc) is 2.41. The summed E-state index contributed by atoms with van der Waals surface area (Å²) in [5, 5.41) is 1.51. The second kappa shape index (κ2) is 6.51. The Morgan fingerprint density at radius 2 is 1.77 bits per heavy atom. The summed E-state index contributed by atoms with van der Waals surface area (Å²) in [6.07, 6.45) is 3.88. The second-order valence-corrected chi connectivity index (χ2v) is 6.96. The van der Waals surface area contributed by atoms with E-state index in [0.29, 0.717) is 5.56 Å². The molecule has 120 valence electrons. The SMILES string of the molecule is CCc1ccc(C(=O)NN(C(=O)C2CCC2)C(C)(C)C)cc1. The molecule has 22 heavy (non-hydrogen) atoms. The standard InChI is InChI=1S/C18H26N2O2/c1-5-13-9-11-14(12-10-13)16(21)19-20(18(2,3)4)17(22)15-7-6-8-15/h9-12,15H,5-8H2,1-4H3,(H,19,21). The van der Waals surface area contributed by atoms with Crippen molar-refractivity contribution in [3.05, 3.63) is 35.4 Å². The van der Waals surface area contributed by atoms with Gasteiger partial charge in [0.05, 0.1) is 5.54 Å². The fourth-order valence-corrected chi connectivity index (χ4v) is 2.45. The van der Waals surface area contributed by atoms with Crippen molar-refractivity contribution in [1.82, 2.24) is 10.4 Å². The lowest BCUT2D eigenvalue weighted by Gasteiger charge is -2.39. The maximum absolute atomic E-state index is 12.6. The topological polar surface area (TPSA) is 49.4 Å². The summed E-state index contributed by atoms with van der Waals surface area (Å²) in [6.45, 7) is 7.88. The molecule has 1 aliphatic rings. The highest BCUT2D eigenvalue weighted by Gasteiger charge is 2.36. The molecule has 4 nitrogen and oxygen atoms in total. The number of nitrogens with one attached hydrogen (secondary N) is 1. The van der Waals surface area contributed by atoms with Gasteiger partial charge in [-0.25, -0.2) is 5.01 Å². The maximum atomic E-state index is 12.6. The molecule has 0 unspecified atom stereocenters. The van der Waals surface area contributed by atoms with Crippen LogP contribution < -0.4 is 5.43 Å². The summed E-state index contributed by atoms with van der Waals surface area (Å²) in [4.78, 5) is 25.0. The molecule has 2 rings (SSSR count). The molecule has 1 aliphatic carbocycles. The number of carbonyl (C=O) groups is 2. The van der Waals surface area contributed by atoms with Crippen molar-refractivity contribution in [1.29, 1.82) is 0 Å². The second-order valence-electron chi connectivity index (χ2n) is 6.96. The van der Waals surface area contributed by atoms with E-state index >= 15 is 0 Å². The van der Waals surface area contributed by atoms with Crippen LogP contribution in [0.25, 0.3) is 0 Å². The average molecular weight is 302 g/mol. The highest BCUT2D eigenvalue weighted by atomic mass is 16.2. The molecule has 1 saturated carbocycles. The summed E-state index contributed by atoms with van der Waals surface area (Å²) < 4.78 is 0. The van der Waals surface area contributed by atoms with Crippen LogP contribution in [-0.2, 0) is 11.2 Å². The van der Waals surface area contributed by atoms with E-state index in [0.717, 1.165) is 25.7 Å². The van der Waals surface area contributed by atoms with Gasteiger partial charge in [-0.05, 0) is 57.7 Å². The summed E-state index contributed by atoms with van der Waals surface area (Å²) >= 11 is 0. The normalized spacial score (nSPS) is 15.1. The van der Waals surface area contributed by atoms with Gasteiger partial charge in [0.1, 0.15) is 0 Å². The highest BCUT2D eigenvalue weighted by Crippen LogP contribution is 2.30. The Morgan fingerprint density at radius 1 is 1.18 bits per heavy atom. The predicted octanol–water partition coefficient (Wildman–Crippen LogP) is 3.32. The fraction of sp³-hybridized carbons (Fsp3) is 0.556. The van der Waals surface area contributed by atoms with Crippen LogP contribution in [0.4, 0.5) is 0 Å². The fourth-order valence-electron chi connectivity index (χ4n) is 2.45.